The number of methoxy groups -OCH3 is 2. The SMILES string of the molecule is COC(=O)Nc1cc(C(C)(C)C)cc(NC(=O)Nc2ccc(C(=O)N3CC(c4ccccc4)OC(c4cc[nH]c4)C3)c3ccccc23)c1OC. The van der Waals surface area contributed by atoms with Gasteiger partial charge < -0.3 is 34.7 Å². The summed E-state index contributed by atoms with van der Waals surface area (Å²) in [5, 5.41) is 9.91. The van der Waals surface area contributed by atoms with Crippen LogP contribution < -0.4 is 20.7 Å². The molecule has 4 aromatic carbocycles. The Labute approximate surface area is 290 Å². The van der Waals surface area contributed by atoms with E-state index in [2.05, 4.69) is 20.9 Å². The molecule has 0 spiro atoms. The van der Waals surface area contributed by atoms with Gasteiger partial charge in [-0.15, -0.1) is 0 Å². The molecule has 258 valence electrons. The van der Waals surface area contributed by atoms with Gasteiger partial charge in [0.25, 0.3) is 5.91 Å². The second kappa shape index (κ2) is 14.4. The third-order valence-corrected chi connectivity index (χ3v) is 8.79. The number of nitrogens with one attached hydrogen (secondary N) is 4. The molecular formula is C39H41N5O6. The van der Waals surface area contributed by atoms with Gasteiger partial charge in [0.2, 0.25) is 0 Å². The number of fused-ring (bicyclic) bond motifs is 1. The van der Waals surface area contributed by atoms with E-state index in [4.69, 9.17) is 14.2 Å². The summed E-state index contributed by atoms with van der Waals surface area (Å²) in [6.07, 6.45) is 2.46. The summed E-state index contributed by atoms with van der Waals surface area (Å²) in [5.41, 5.74) is 4.26. The molecule has 0 bridgehead atoms. The molecule has 1 saturated heterocycles. The molecule has 11 heteroatoms. The van der Waals surface area contributed by atoms with Crippen molar-refractivity contribution >= 4 is 45.9 Å². The second-order valence-corrected chi connectivity index (χ2v) is 13.1. The summed E-state index contributed by atoms with van der Waals surface area (Å²) in [4.78, 5) is 44.9. The van der Waals surface area contributed by atoms with Crippen molar-refractivity contribution in [2.45, 2.75) is 38.4 Å². The predicted molar refractivity (Wildman–Crippen MR) is 194 cm³/mol. The van der Waals surface area contributed by atoms with Crippen LogP contribution in [0.4, 0.5) is 26.7 Å². The number of carbonyl (C=O) groups excluding carboxylic acids is 3. The normalized spacial score (nSPS) is 16.1. The molecule has 2 unspecified atom stereocenters. The first-order valence-electron chi connectivity index (χ1n) is 16.3. The monoisotopic (exact) mass is 675 g/mol. The van der Waals surface area contributed by atoms with Crippen LogP contribution in [0.1, 0.15) is 60.0 Å². The third kappa shape index (κ3) is 7.28. The van der Waals surface area contributed by atoms with Gasteiger partial charge in [-0.2, -0.15) is 0 Å². The van der Waals surface area contributed by atoms with Crippen molar-refractivity contribution in [2.75, 3.05) is 43.3 Å². The minimum atomic E-state index is -0.668. The van der Waals surface area contributed by atoms with Crippen LogP contribution in [0.15, 0.2) is 97.3 Å². The molecule has 1 fully saturated rings. The fraction of sp³-hybridized carbons (Fsp3) is 0.256. The van der Waals surface area contributed by atoms with Gasteiger partial charge in [-0.25, -0.2) is 9.59 Å². The van der Waals surface area contributed by atoms with E-state index >= 15 is 0 Å². The summed E-state index contributed by atoms with van der Waals surface area (Å²) >= 11 is 0. The lowest BCUT2D eigenvalue weighted by atomic mass is 9.86. The summed E-state index contributed by atoms with van der Waals surface area (Å²) < 4.78 is 16.9. The fourth-order valence-electron chi connectivity index (χ4n) is 6.17. The Morgan fingerprint density at radius 3 is 2.06 bits per heavy atom. The summed E-state index contributed by atoms with van der Waals surface area (Å²) in [5.74, 6) is 0.137. The molecule has 1 aromatic heterocycles. The van der Waals surface area contributed by atoms with Crippen molar-refractivity contribution in [2.24, 2.45) is 0 Å². The highest BCUT2D eigenvalue weighted by atomic mass is 16.5. The maximum absolute atomic E-state index is 14.3. The number of carbonyl (C=O) groups is 3. The van der Waals surface area contributed by atoms with Crippen LogP contribution in [0.25, 0.3) is 10.8 Å². The number of H-pyrrole nitrogens is 1. The maximum atomic E-state index is 14.3. The number of hydrogen-bond donors (Lipinski definition) is 4. The molecule has 1 aliphatic heterocycles. The number of urea groups is 1. The fourth-order valence-corrected chi connectivity index (χ4v) is 6.17. The first-order chi connectivity index (χ1) is 24.0. The van der Waals surface area contributed by atoms with Crippen LogP contribution in [0.2, 0.25) is 0 Å². The zero-order valence-corrected chi connectivity index (χ0v) is 28.7. The average Bonchev–Trinajstić information content (AvgIpc) is 3.67. The number of amides is 4. The van der Waals surface area contributed by atoms with Crippen LogP contribution in [-0.2, 0) is 14.9 Å². The van der Waals surface area contributed by atoms with Crippen LogP contribution in [0, 0.1) is 0 Å². The van der Waals surface area contributed by atoms with E-state index in [1.165, 1.54) is 14.2 Å². The zero-order chi connectivity index (χ0) is 35.4. The van der Waals surface area contributed by atoms with Crippen molar-refractivity contribution in [3.8, 4) is 5.75 Å². The minimum absolute atomic E-state index is 0.128. The first kappa shape index (κ1) is 34.1. The highest BCUT2D eigenvalue weighted by Crippen LogP contribution is 2.39. The van der Waals surface area contributed by atoms with Crippen LogP contribution in [0.5, 0.6) is 5.75 Å². The van der Waals surface area contributed by atoms with Crippen molar-refractivity contribution in [3.05, 3.63) is 120 Å². The molecule has 0 radical (unpaired) electrons. The molecule has 50 heavy (non-hydrogen) atoms. The Morgan fingerprint density at radius 2 is 1.42 bits per heavy atom. The zero-order valence-electron chi connectivity index (χ0n) is 28.7. The molecule has 6 rings (SSSR count). The van der Waals surface area contributed by atoms with E-state index in [1.807, 2.05) is 105 Å². The number of ether oxygens (including phenoxy) is 3. The standard InChI is InChI=1S/C39H41N5O6/c1-39(2,3)26-19-31(35(48-4)32(20-26)43-38(47)49-5)42-37(46)41-30-16-15-29(27-13-9-10-14-28(27)30)36(45)44-22-33(24-11-7-6-8-12-24)50-34(23-44)25-17-18-40-21-25/h6-21,33-34,40H,22-23H2,1-5H3,(H,43,47)(H2,41,42,46). The van der Waals surface area contributed by atoms with Crippen molar-refractivity contribution in [1.29, 1.82) is 0 Å². The molecule has 11 nitrogen and oxygen atoms in total. The van der Waals surface area contributed by atoms with E-state index in [0.717, 1.165) is 16.7 Å². The largest absolute Gasteiger partial charge is 0.492 e. The average molecular weight is 676 g/mol. The van der Waals surface area contributed by atoms with Crippen molar-refractivity contribution in [1.82, 2.24) is 9.88 Å². The van der Waals surface area contributed by atoms with E-state index in [0.29, 0.717) is 46.5 Å². The van der Waals surface area contributed by atoms with Crippen LogP contribution >= 0.6 is 0 Å². The van der Waals surface area contributed by atoms with Gasteiger partial charge in [-0.1, -0.05) is 75.4 Å². The van der Waals surface area contributed by atoms with E-state index in [1.54, 1.807) is 18.2 Å². The van der Waals surface area contributed by atoms with Gasteiger partial charge in [0, 0.05) is 23.3 Å². The number of nitrogens with zero attached hydrogens (tertiary/aromatic N) is 1. The second-order valence-electron chi connectivity index (χ2n) is 13.1. The Morgan fingerprint density at radius 1 is 0.780 bits per heavy atom. The molecular weight excluding hydrogens is 634 g/mol. The van der Waals surface area contributed by atoms with Gasteiger partial charge in [-0.3, -0.25) is 10.1 Å². The van der Waals surface area contributed by atoms with Gasteiger partial charge in [0.15, 0.2) is 5.75 Å². The van der Waals surface area contributed by atoms with E-state index in [9.17, 15) is 14.4 Å². The summed E-state index contributed by atoms with van der Waals surface area (Å²) in [6, 6.07) is 25.9. The highest BCUT2D eigenvalue weighted by molar-refractivity contribution is 6.13. The molecule has 1 aliphatic rings. The van der Waals surface area contributed by atoms with E-state index in [-0.39, 0.29) is 29.3 Å². The number of anilines is 3. The number of benzene rings is 4. The lowest BCUT2D eigenvalue weighted by molar-refractivity contribution is -0.0796. The topological polar surface area (TPSA) is 134 Å². The Balaban J connectivity index is 1.28. The number of aromatic amines is 1. The number of hydrogen-bond acceptors (Lipinski definition) is 6. The van der Waals surface area contributed by atoms with Gasteiger partial charge in [0.05, 0.1) is 44.4 Å². The molecule has 2 atom stereocenters. The quantitative estimate of drug-likeness (QED) is 0.137. The van der Waals surface area contributed by atoms with Crippen LogP contribution in [0.3, 0.4) is 0 Å². The van der Waals surface area contributed by atoms with Crippen molar-refractivity contribution in [3.63, 3.8) is 0 Å². The summed E-state index contributed by atoms with van der Waals surface area (Å²) in [7, 11) is 2.73. The smallest absolute Gasteiger partial charge is 0.411 e. The Hall–Kier alpha value is -5.81. The number of aromatic nitrogens is 1. The maximum Gasteiger partial charge on any atom is 0.411 e. The molecule has 0 saturated carbocycles. The third-order valence-electron chi connectivity index (χ3n) is 8.79. The summed E-state index contributed by atoms with van der Waals surface area (Å²) in [6.45, 7) is 6.85. The molecule has 2 heterocycles. The highest BCUT2D eigenvalue weighted by Gasteiger charge is 2.34. The molecule has 4 amide bonds. The predicted octanol–water partition coefficient (Wildman–Crippen LogP) is 8.25. The lowest BCUT2D eigenvalue weighted by Gasteiger charge is -2.38. The number of morpholine rings is 1. The number of rotatable bonds is 7. The van der Waals surface area contributed by atoms with Gasteiger partial charge in [0.1, 0.15) is 12.2 Å². The Bertz CT molecular complexity index is 2010. The van der Waals surface area contributed by atoms with Gasteiger partial charge >= 0.3 is 12.1 Å². The minimum Gasteiger partial charge on any atom is -0.492 e. The molecule has 4 N–H and O–H groups in total. The van der Waals surface area contributed by atoms with Crippen LogP contribution in [-0.4, -0.2) is 55.2 Å². The van der Waals surface area contributed by atoms with Crippen molar-refractivity contribution < 1.29 is 28.6 Å². The first-order valence-corrected chi connectivity index (χ1v) is 16.3. The van der Waals surface area contributed by atoms with E-state index < -0.39 is 12.1 Å². The molecule has 5 aromatic rings. The lowest BCUT2D eigenvalue weighted by Crippen LogP contribution is -2.43. The molecule has 0 aliphatic carbocycles. The van der Waals surface area contributed by atoms with Gasteiger partial charge in [-0.05, 0) is 57.8 Å². The Kier molecular flexibility index (Phi) is 9.78.